The number of piperidine rings is 1. The van der Waals surface area contributed by atoms with Crippen molar-refractivity contribution < 1.29 is 0 Å². The summed E-state index contributed by atoms with van der Waals surface area (Å²) in [5, 5.41) is 2.69. The molecule has 2 nitrogen and oxygen atoms in total. The minimum Gasteiger partial charge on any atom is -0.330 e. The molecule has 4 rings (SSSR count). The second kappa shape index (κ2) is 5.43. The van der Waals surface area contributed by atoms with Crippen molar-refractivity contribution in [3.8, 4) is 0 Å². The molecule has 0 spiro atoms. The van der Waals surface area contributed by atoms with E-state index >= 15 is 0 Å². The van der Waals surface area contributed by atoms with Crippen LogP contribution in [0, 0.1) is 5.92 Å². The van der Waals surface area contributed by atoms with Gasteiger partial charge >= 0.3 is 0 Å². The Kier molecular flexibility index (Phi) is 3.44. The van der Waals surface area contributed by atoms with E-state index in [4.69, 9.17) is 5.73 Å². The van der Waals surface area contributed by atoms with Crippen molar-refractivity contribution in [1.29, 1.82) is 0 Å². The molecule has 1 aliphatic carbocycles. The third-order valence-corrected chi connectivity index (χ3v) is 5.23. The van der Waals surface area contributed by atoms with Gasteiger partial charge < -0.3 is 5.73 Å². The topological polar surface area (TPSA) is 29.3 Å². The third-order valence-electron chi connectivity index (χ3n) is 5.23. The van der Waals surface area contributed by atoms with E-state index in [1.807, 2.05) is 0 Å². The van der Waals surface area contributed by atoms with E-state index in [0.717, 1.165) is 12.6 Å². The van der Waals surface area contributed by atoms with Crippen molar-refractivity contribution in [2.45, 2.75) is 37.8 Å². The van der Waals surface area contributed by atoms with Gasteiger partial charge in [-0.15, -0.1) is 0 Å². The molecule has 0 bridgehead atoms. The van der Waals surface area contributed by atoms with E-state index in [0.29, 0.717) is 12.0 Å². The molecule has 21 heavy (non-hydrogen) atoms. The molecule has 2 N–H and O–H groups in total. The molecule has 1 saturated carbocycles. The molecule has 2 unspecified atom stereocenters. The van der Waals surface area contributed by atoms with Gasteiger partial charge in [-0.2, -0.15) is 0 Å². The summed E-state index contributed by atoms with van der Waals surface area (Å²) >= 11 is 0. The molecule has 2 aromatic rings. The van der Waals surface area contributed by atoms with Gasteiger partial charge in [0, 0.05) is 12.1 Å². The highest BCUT2D eigenvalue weighted by Gasteiger charge is 2.39. The predicted molar refractivity (Wildman–Crippen MR) is 88.2 cm³/mol. The summed E-state index contributed by atoms with van der Waals surface area (Å²) in [5.41, 5.74) is 7.57. The van der Waals surface area contributed by atoms with Crippen molar-refractivity contribution >= 4 is 10.8 Å². The molecule has 2 atom stereocenters. The summed E-state index contributed by atoms with van der Waals surface area (Å²) in [5.74, 6) is 0.612. The van der Waals surface area contributed by atoms with E-state index < -0.39 is 0 Å². The van der Waals surface area contributed by atoms with Crippen molar-refractivity contribution in [2.24, 2.45) is 11.7 Å². The van der Waals surface area contributed by atoms with E-state index in [1.54, 1.807) is 0 Å². The van der Waals surface area contributed by atoms with Crippen LogP contribution in [-0.2, 0) is 0 Å². The molecule has 1 heterocycles. The molecule has 0 amide bonds. The minimum atomic E-state index is 0.529. The molecular weight excluding hydrogens is 256 g/mol. The molecule has 2 aliphatic rings. The first-order chi connectivity index (χ1) is 10.4. The average molecular weight is 280 g/mol. The van der Waals surface area contributed by atoms with Crippen molar-refractivity contribution in [2.75, 3.05) is 13.1 Å². The molecule has 2 fully saturated rings. The minimum absolute atomic E-state index is 0.529. The van der Waals surface area contributed by atoms with Crippen molar-refractivity contribution in [3.05, 3.63) is 48.0 Å². The summed E-state index contributed by atoms with van der Waals surface area (Å²) in [6, 6.07) is 17.0. The highest BCUT2D eigenvalue weighted by atomic mass is 15.2. The zero-order chi connectivity index (χ0) is 14.2. The summed E-state index contributed by atoms with van der Waals surface area (Å²) in [4.78, 5) is 2.74. The maximum Gasteiger partial charge on any atom is 0.0391 e. The van der Waals surface area contributed by atoms with Crippen LogP contribution >= 0.6 is 0 Å². The first kappa shape index (κ1) is 13.3. The Bertz CT molecular complexity index is 632. The number of benzene rings is 2. The van der Waals surface area contributed by atoms with E-state index in [2.05, 4.69) is 47.4 Å². The number of nitrogens with two attached hydrogens (primary N) is 1. The van der Waals surface area contributed by atoms with Crippen LogP contribution in [-0.4, -0.2) is 24.0 Å². The second-order valence-corrected chi connectivity index (χ2v) is 6.66. The molecule has 1 aliphatic heterocycles. The highest BCUT2D eigenvalue weighted by Crippen LogP contribution is 2.42. The largest absolute Gasteiger partial charge is 0.330 e. The zero-order valence-corrected chi connectivity index (χ0v) is 12.5. The van der Waals surface area contributed by atoms with Crippen molar-refractivity contribution in [1.82, 2.24) is 4.90 Å². The highest BCUT2D eigenvalue weighted by molar-refractivity contribution is 5.83. The fourth-order valence-electron chi connectivity index (χ4n) is 4.02. The number of hydrogen-bond acceptors (Lipinski definition) is 2. The fourth-order valence-corrected chi connectivity index (χ4v) is 4.02. The Balaban J connectivity index is 1.74. The van der Waals surface area contributed by atoms with Gasteiger partial charge in [0.1, 0.15) is 0 Å². The fraction of sp³-hybridized carbons (Fsp3) is 0.474. The lowest BCUT2D eigenvalue weighted by atomic mass is 9.84. The normalized spacial score (nSPS) is 27.1. The number of likely N-dealkylation sites (tertiary alicyclic amines) is 1. The van der Waals surface area contributed by atoms with Gasteiger partial charge in [-0.3, -0.25) is 4.90 Å². The molecule has 2 aromatic carbocycles. The number of rotatable bonds is 3. The van der Waals surface area contributed by atoms with Crippen molar-refractivity contribution in [3.63, 3.8) is 0 Å². The van der Waals surface area contributed by atoms with Gasteiger partial charge in [-0.1, -0.05) is 36.4 Å². The monoisotopic (exact) mass is 280 g/mol. The quantitative estimate of drug-likeness (QED) is 0.928. The van der Waals surface area contributed by atoms with Crippen LogP contribution in [0.1, 0.15) is 37.3 Å². The average Bonchev–Trinajstić information content (AvgIpc) is 3.38. The van der Waals surface area contributed by atoms with Crippen LogP contribution in [0.15, 0.2) is 42.5 Å². The Morgan fingerprint density at radius 2 is 1.81 bits per heavy atom. The Morgan fingerprint density at radius 1 is 1.00 bits per heavy atom. The van der Waals surface area contributed by atoms with E-state index in [9.17, 15) is 0 Å². The molecule has 0 aromatic heterocycles. The summed E-state index contributed by atoms with van der Waals surface area (Å²) in [7, 11) is 0. The second-order valence-electron chi connectivity index (χ2n) is 6.66. The van der Waals surface area contributed by atoms with Gasteiger partial charge in [0.2, 0.25) is 0 Å². The number of hydrogen-bond donors (Lipinski definition) is 1. The Hall–Kier alpha value is -1.38. The predicted octanol–water partition coefficient (Wildman–Crippen LogP) is 3.71. The number of nitrogens with zero attached hydrogens (tertiary/aromatic N) is 1. The summed E-state index contributed by atoms with van der Waals surface area (Å²) in [6.45, 7) is 2.05. The van der Waals surface area contributed by atoms with Crippen LogP contribution in [0.2, 0.25) is 0 Å². The third kappa shape index (κ3) is 2.47. The van der Waals surface area contributed by atoms with Gasteiger partial charge in [0.15, 0.2) is 0 Å². The summed E-state index contributed by atoms with van der Waals surface area (Å²) < 4.78 is 0. The SMILES string of the molecule is NCC1CCCN(C2CC2)C1c1ccc2ccccc2c1. The van der Waals surface area contributed by atoms with Crippen LogP contribution in [0.4, 0.5) is 0 Å². The zero-order valence-electron chi connectivity index (χ0n) is 12.5. The molecule has 110 valence electrons. The molecule has 1 saturated heterocycles. The van der Waals surface area contributed by atoms with E-state index in [-0.39, 0.29) is 0 Å². The lowest BCUT2D eigenvalue weighted by Crippen LogP contribution is -2.42. The van der Waals surface area contributed by atoms with E-state index in [1.165, 1.54) is 48.6 Å². The van der Waals surface area contributed by atoms with Gasteiger partial charge in [0.05, 0.1) is 0 Å². The van der Waals surface area contributed by atoms with Gasteiger partial charge in [-0.05, 0) is 67.1 Å². The van der Waals surface area contributed by atoms with Crippen LogP contribution in [0.3, 0.4) is 0 Å². The maximum atomic E-state index is 6.10. The Morgan fingerprint density at radius 3 is 2.57 bits per heavy atom. The van der Waals surface area contributed by atoms with Gasteiger partial charge in [0.25, 0.3) is 0 Å². The molecule has 0 radical (unpaired) electrons. The number of fused-ring (bicyclic) bond motifs is 1. The summed E-state index contributed by atoms with van der Waals surface area (Å²) in [6.07, 6.45) is 5.34. The first-order valence-corrected chi connectivity index (χ1v) is 8.31. The molecular formula is C19H24N2. The Labute approximate surface area is 126 Å². The maximum absolute atomic E-state index is 6.10. The molecule has 2 heteroatoms. The van der Waals surface area contributed by atoms with Crippen LogP contribution in [0.25, 0.3) is 10.8 Å². The first-order valence-electron chi connectivity index (χ1n) is 8.31. The lowest BCUT2D eigenvalue weighted by molar-refractivity contribution is 0.0881. The standard InChI is InChI=1S/C19H24N2/c20-13-17-6-3-11-21(18-9-10-18)19(17)16-8-7-14-4-1-2-5-15(14)12-16/h1-2,4-5,7-8,12,17-19H,3,6,9-11,13,20H2. The van der Waals surface area contributed by atoms with Crippen LogP contribution < -0.4 is 5.73 Å². The van der Waals surface area contributed by atoms with Crippen LogP contribution in [0.5, 0.6) is 0 Å². The smallest absolute Gasteiger partial charge is 0.0391 e. The van der Waals surface area contributed by atoms with Gasteiger partial charge in [-0.25, -0.2) is 0 Å². The lowest BCUT2D eigenvalue weighted by Gasteiger charge is -2.41.